The van der Waals surface area contributed by atoms with E-state index in [4.69, 9.17) is 9.84 Å². The molecule has 1 N–H and O–H groups in total. The standard InChI is InChI=1S/C10H10BrFO3/c1-2-15-8(14)5-6-3-4-7(13)10(12)9(6)11/h3-4,13H,2,5H2,1H3. The van der Waals surface area contributed by atoms with E-state index in [1.165, 1.54) is 12.1 Å². The van der Waals surface area contributed by atoms with Crippen molar-refractivity contribution in [1.29, 1.82) is 0 Å². The molecule has 0 spiro atoms. The van der Waals surface area contributed by atoms with E-state index in [0.29, 0.717) is 5.56 Å². The van der Waals surface area contributed by atoms with E-state index in [1.807, 2.05) is 0 Å². The normalized spacial score (nSPS) is 10.1. The van der Waals surface area contributed by atoms with Crippen LogP contribution in [-0.2, 0) is 16.0 Å². The molecule has 0 saturated carbocycles. The second-order valence-corrected chi connectivity index (χ2v) is 3.65. The number of phenolic OH excluding ortho intramolecular Hbond substituents is 1. The Bertz CT molecular complexity index is 379. The molecule has 5 heteroatoms. The van der Waals surface area contributed by atoms with E-state index in [9.17, 15) is 9.18 Å². The van der Waals surface area contributed by atoms with Crippen LogP contribution in [0.15, 0.2) is 16.6 Å². The highest BCUT2D eigenvalue weighted by Gasteiger charge is 2.13. The highest BCUT2D eigenvalue weighted by atomic mass is 79.9. The second kappa shape index (κ2) is 5.11. The monoisotopic (exact) mass is 276 g/mol. The van der Waals surface area contributed by atoms with E-state index in [-0.39, 0.29) is 17.5 Å². The van der Waals surface area contributed by atoms with E-state index in [2.05, 4.69) is 15.9 Å². The summed E-state index contributed by atoms with van der Waals surface area (Å²) in [6, 6.07) is 2.67. The number of hydrogen-bond acceptors (Lipinski definition) is 3. The summed E-state index contributed by atoms with van der Waals surface area (Å²) >= 11 is 2.97. The molecule has 3 nitrogen and oxygen atoms in total. The summed E-state index contributed by atoms with van der Waals surface area (Å²) in [6.07, 6.45) is -0.0222. The molecule has 0 saturated heterocycles. The van der Waals surface area contributed by atoms with Gasteiger partial charge in [-0.3, -0.25) is 4.79 Å². The smallest absolute Gasteiger partial charge is 0.310 e. The predicted octanol–water partition coefficient (Wildman–Crippen LogP) is 2.40. The molecular formula is C10H10BrFO3. The molecule has 0 fully saturated rings. The fraction of sp³-hybridized carbons (Fsp3) is 0.300. The van der Waals surface area contributed by atoms with Crippen molar-refractivity contribution in [3.8, 4) is 5.75 Å². The van der Waals surface area contributed by atoms with Gasteiger partial charge in [0, 0.05) is 0 Å². The molecule has 0 aliphatic rings. The number of carbonyl (C=O) groups excluding carboxylic acids is 1. The van der Waals surface area contributed by atoms with Crippen molar-refractivity contribution in [2.75, 3.05) is 6.61 Å². The molecule has 0 heterocycles. The Balaban J connectivity index is 2.87. The van der Waals surface area contributed by atoms with E-state index < -0.39 is 17.5 Å². The lowest BCUT2D eigenvalue weighted by Gasteiger charge is -2.06. The fourth-order valence-electron chi connectivity index (χ4n) is 1.08. The maximum absolute atomic E-state index is 13.2. The number of esters is 1. The quantitative estimate of drug-likeness (QED) is 0.863. The van der Waals surface area contributed by atoms with Gasteiger partial charge in [0.25, 0.3) is 0 Å². The highest BCUT2D eigenvalue weighted by molar-refractivity contribution is 9.10. The largest absolute Gasteiger partial charge is 0.505 e. The Labute approximate surface area is 95.0 Å². The summed E-state index contributed by atoms with van der Waals surface area (Å²) in [6.45, 7) is 1.99. The van der Waals surface area contributed by atoms with E-state index >= 15 is 0 Å². The third-order valence-electron chi connectivity index (χ3n) is 1.78. The first-order chi connectivity index (χ1) is 7.06. The van der Waals surface area contributed by atoms with Gasteiger partial charge in [-0.2, -0.15) is 0 Å². The molecule has 0 unspecified atom stereocenters. The lowest BCUT2D eigenvalue weighted by molar-refractivity contribution is -0.142. The lowest BCUT2D eigenvalue weighted by Crippen LogP contribution is -2.08. The Morgan fingerprint density at radius 1 is 1.60 bits per heavy atom. The van der Waals surface area contributed by atoms with Gasteiger partial charge in [-0.1, -0.05) is 6.07 Å². The summed E-state index contributed by atoms with van der Waals surface area (Å²) < 4.78 is 18.0. The third-order valence-corrected chi connectivity index (χ3v) is 2.64. The molecule has 82 valence electrons. The van der Waals surface area contributed by atoms with Gasteiger partial charge in [0.05, 0.1) is 17.5 Å². The van der Waals surface area contributed by atoms with Crippen LogP contribution in [0.2, 0.25) is 0 Å². The molecule has 0 aromatic heterocycles. The molecule has 0 radical (unpaired) electrons. The summed E-state index contributed by atoms with van der Waals surface area (Å²) in [5, 5.41) is 9.04. The lowest BCUT2D eigenvalue weighted by atomic mass is 10.1. The molecule has 1 rings (SSSR count). The first-order valence-corrected chi connectivity index (χ1v) is 5.17. The summed E-state index contributed by atoms with van der Waals surface area (Å²) in [4.78, 5) is 11.1. The molecule has 0 aliphatic carbocycles. The van der Waals surface area contributed by atoms with Gasteiger partial charge in [-0.05, 0) is 34.5 Å². The van der Waals surface area contributed by atoms with Crippen molar-refractivity contribution in [3.05, 3.63) is 28.0 Å². The van der Waals surface area contributed by atoms with Gasteiger partial charge in [0.15, 0.2) is 11.6 Å². The summed E-state index contributed by atoms with van der Waals surface area (Å²) in [7, 11) is 0. The van der Waals surface area contributed by atoms with Crippen molar-refractivity contribution in [2.45, 2.75) is 13.3 Å². The van der Waals surface area contributed by atoms with Gasteiger partial charge in [0.2, 0.25) is 0 Å². The molecule has 1 aromatic carbocycles. The topological polar surface area (TPSA) is 46.5 Å². The van der Waals surface area contributed by atoms with Crippen LogP contribution in [0.5, 0.6) is 5.75 Å². The molecule has 0 amide bonds. The zero-order valence-electron chi connectivity index (χ0n) is 8.09. The number of ether oxygens (including phenoxy) is 1. The number of hydrogen-bond donors (Lipinski definition) is 1. The molecule has 0 atom stereocenters. The predicted molar refractivity (Wildman–Crippen MR) is 56.1 cm³/mol. The maximum atomic E-state index is 13.2. The number of benzene rings is 1. The fourth-order valence-corrected chi connectivity index (χ4v) is 1.56. The first-order valence-electron chi connectivity index (χ1n) is 4.37. The third kappa shape index (κ3) is 2.92. The molecule has 0 bridgehead atoms. The van der Waals surface area contributed by atoms with Crippen LogP contribution in [0.1, 0.15) is 12.5 Å². The van der Waals surface area contributed by atoms with Crippen molar-refractivity contribution < 1.29 is 19.0 Å². The molecule has 15 heavy (non-hydrogen) atoms. The summed E-state index contributed by atoms with van der Waals surface area (Å²) in [5.74, 6) is -1.64. The number of aromatic hydroxyl groups is 1. The Morgan fingerprint density at radius 3 is 2.87 bits per heavy atom. The van der Waals surface area contributed by atoms with Crippen LogP contribution in [0, 0.1) is 5.82 Å². The number of halogens is 2. The molecular weight excluding hydrogens is 267 g/mol. The van der Waals surface area contributed by atoms with Gasteiger partial charge in [-0.15, -0.1) is 0 Å². The first kappa shape index (κ1) is 12.0. The minimum absolute atomic E-state index is 0.0222. The minimum Gasteiger partial charge on any atom is -0.505 e. The van der Waals surface area contributed by atoms with Crippen LogP contribution >= 0.6 is 15.9 Å². The van der Waals surface area contributed by atoms with Gasteiger partial charge in [-0.25, -0.2) is 4.39 Å². The van der Waals surface area contributed by atoms with Crippen molar-refractivity contribution in [1.82, 2.24) is 0 Å². The number of carbonyl (C=O) groups is 1. The number of phenols is 1. The van der Waals surface area contributed by atoms with Crippen LogP contribution in [-0.4, -0.2) is 17.7 Å². The number of rotatable bonds is 3. The van der Waals surface area contributed by atoms with Gasteiger partial charge in [0.1, 0.15) is 0 Å². The summed E-state index contributed by atoms with van der Waals surface area (Å²) in [5.41, 5.74) is 0.448. The molecule has 1 aromatic rings. The van der Waals surface area contributed by atoms with Gasteiger partial charge >= 0.3 is 5.97 Å². The zero-order chi connectivity index (χ0) is 11.4. The minimum atomic E-state index is -0.767. The Kier molecular flexibility index (Phi) is 4.08. The molecule has 0 aliphatic heterocycles. The van der Waals surface area contributed by atoms with Gasteiger partial charge < -0.3 is 9.84 Å². The van der Waals surface area contributed by atoms with E-state index in [0.717, 1.165) is 0 Å². The van der Waals surface area contributed by atoms with Crippen molar-refractivity contribution >= 4 is 21.9 Å². The van der Waals surface area contributed by atoms with Crippen molar-refractivity contribution in [2.24, 2.45) is 0 Å². The van der Waals surface area contributed by atoms with Crippen LogP contribution in [0.4, 0.5) is 4.39 Å². The Hall–Kier alpha value is -1.10. The highest BCUT2D eigenvalue weighted by Crippen LogP contribution is 2.27. The van der Waals surface area contributed by atoms with Crippen LogP contribution < -0.4 is 0 Å². The maximum Gasteiger partial charge on any atom is 0.310 e. The average molecular weight is 277 g/mol. The van der Waals surface area contributed by atoms with Crippen LogP contribution in [0.3, 0.4) is 0 Å². The SMILES string of the molecule is CCOC(=O)Cc1ccc(O)c(F)c1Br. The Morgan fingerprint density at radius 2 is 2.27 bits per heavy atom. The van der Waals surface area contributed by atoms with Crippen molar-refractivity contribution in [3.63, 3.8) is 0 Å². The van der Waals surface area contributed by atoms with Crippen LogP contribution in [0.25, 0.3) is 0 Å². The zero-order valence-corrected chi connectivity index (χ0v) is 9.67. The van der Waals surface area contributed by atoms with E-state index in [1.54, 1.807) is 6.92 Å². The second-order valence-electron chi connectivity index (χ2n) is 2.85. The average Bonchev–Trinajstić information content (AvgIpc) is 2.20.